The summed E-state index contributed by atoms with van der Waals surface area (Å²) in [5.41, 5.74) is 1.22. The van der Waals surface area contributed by atoms with Gasteiger partial charge in [-0.05, 0) is 24.3 Å². The predicted molar refractivity (Wildman–Crippen MR) is 53.0 cm³/mol. The van der Waals surface area contributed by atoms with Crippen molar-refractivity contribution < 1.29 is 9.59 Å². The van der Waals surface area contributed by atoms with Crippen LogP contribution in [0, 0.1) is 0 Å². The number of allylic oxidation sites excluding steroid dienone is 2. The molecule has 0 fully saturated rings. The smallest absolute Gasteiger partial charge is 0.206 e. The Morgan fingerprint density at radius 1 is 1.07 bits per heavy atom. The van der Waals surface area contributed by atoms with Crippen LogP contribution < -0.4 is 0 Å². The van der Waals surface area contributed by atoms with Gasteiger partial charge in [-0.3, -0.25) is 14.0 Å². The van der Waals surface area contributed by atoms with Gasteiger partial charge < -0.3 is 0 Å². The fourth-order valence-corrected chi connectivity index (χ4v) is 1.71. The molecular formula is C11H6N2O2. The maximum atomic E-state index is 11.6. The highest BCUT2D eigenvalue weighted by Gasteiger charge is 2.24. The fourth-order valence-electron chi connectivity index (χ4n) is 1.71. The van der Waals surface area contributed by atoms with E-state index >= 15 is 0 Å². The molecule has 0 amide bonds. The average molecular weight is 198 g/mol. The average Bonchev–Trinajstić information content (AvgIpc) is 2.64. The maximum Gasteiger partial charge on any atom is 0.206 e. The van der Waals surface area contributed by atoms with E-state index in [1.54, 1.807) is 22.7 Å². The van der Waals surface area contributed by atoms with E-state index in [0.717, 1.165) is 0 Å². The van der Waals surface area contributed by atoms with Gasteiger partial charge in [0.05, 0.1) is 0 Å². The first-order valence-electron chi connectivity index (χ1n) is 4.51. The van der Waals surface area contributed by atoms with Gasteiger partial charge in [0.25, 0.3) is 0 Å². The fraction of sp³-hybridized carbons (Fsp3) is 0. The second kappa shape index (κ2) is 2.63. The van der Waals surface area contributed by atoms with Crippen molar-refractivity contribution in [3.63, 3.8) is 0 Å². The molecule has 72 valence electrons. The van der Waals surface area contributed by atoms with Crippen LogP contribution in [0.5, 0.6) is 0 Å². The van der Waals surface area contributed by atoms with Crippen LogP contribution >= 0.6 is 0 Å². The van der Waals surface area contributed by atoms with E-state index < -0.39 is 0 Å². The number of aromatic nitrogens is 2. The lowest BCUT2D eigenvalue weighted by molar-refractivity contribution is 0.0988. The Kier molecular flexibility index (Phi) is 1.42. The summed E-state index contributed by atoms with van der Waals surface area (Å²) in [6.45, 7) is 0. The molecule has 0 spiro atoms. The van der Waals surface area contributed by atoms with Crippen molar-refractivity contribution in [2.24, 2.45) is 0 Å². The molecule has 0 unspecified atom stereocenters. The minimum Gasteiger partial charge on any atom is -0.296 e. The van der Waals surface area contributed by atoms with Gasteiger partial charge in [-0.1, -0.05) is 6.07 Å². The van der Waals surface area contributed by atoms with E-state index in [4.69, 9.17) is 0 Å². The Labute approximate surface area is 84.9 Å². The molecular weight excluding hydrogens is 192 g/mol. The second-order valence-electron chi connectivity index (χ2n) is 3.30. The van der Waals surface area contributed by atoms with Crippen LogP contribution in [0.1, 0.15) is 21.0 Å². The molecule has 0 radical (unpaired) electrons. The summed E-state index contributed by atoms with van der Waals surface area (Å²) in [5.74, 6) is -0.392. The van der Waals surface area contributed by atoms with E-state index in [-0.39, 0.29) is 17.3 Å². The second-order valence-corrected chi connectivity index (χ2v) is 3.30. The van der Waals surface area contributed by atoms with Gasteiger partial charge in [0.15, 0.2) is 0 Å². The van der Waals surface area contributed by atoms with E-state index in [0.29, 0.717) is 11.3 Å². The summed E-state index contributed by atoms with van der Waals surface area (Å²) < 4.78 is 1.64. The minimum absolute atomic E-state index is 0.177. The van der Waals surface area contributed by atoms with E-state index in [2.05, 4.69) is 4.98 Å². The Hall–Kier alpha value is -2.23. The van der Waals surface area contributed by atoms with Crippen LogP contribution in [0.25, 0.3) is 5.65 Å². The molecule has 0 saturated carbocycles. The number of rotatable bonds is 0. The molecule has 4 heteroatoms. The van der Waals surface area contributed by atoms with Gasteiger partial charge in [0, 0.05) is 6.20 Å². The lowest BCUT2D eigenvalue weighted by atomic mass is 10.1. The molecule has 1 aliphatic carbocycles. The van der Waals surface area contributed by atoms with Crippen LogP contribution in [0.3, 0.4) is 0 Å². The highest BCUT2D eigenvalue weighted by Crippen LogP contribution is 2.18. The quantitative estimate of drug-likeness (QED) is 0.640. The summed E-state index contributed by atoms with van der Waals surface area (Å²) in [7, 11) is 0. The number of fused-ring (bicyclic) bond motifs is 3. The number of hydrogen-bond acceptors (Lipinski definition) is 3. The summed E-state index contributed by atoms with van der Waals surface area (Å²) >= 11 is 0. The molecule has 0 aromatic carbocycles. The number of pyridine rings is 1. The molecule has 4 nitrogen and oxygen atoms in total. The van der Waals surface area contributed by atoms with Crippen LogP contribution in [0.4, 0.5) is 0 Å². The molecule has 2 aromatic rings. The van der Waals surface area contributed by atoms with Crippen molar-refractivity contribution in [3.05, 3.63) is 47.9 Å². The van der Waals surface area contributed by atoms with Crippen molar-refractivity contribution in [3.8, 4) is 0 Å². The van der Waals surface area contributed by atoms with Crippen LogP contribution in [0.2, 0.25) is 0 Å². The topological polar surface area (TPSA) is 51.4 Å². The van der Waals surface area contributed by atoms with Gasteiger partial charge in [0.2, 0.25) is 11.6 Å². The Morgan fingerprint density at radius 2 is 1.87 bits per heavy atom. The molecule has 2 heterocycles. The van der Waals surface area contributed by atoms with Gasteiger partial charge in [-0.25, -0.2) is 4.98 Å². The largest absolute Gasteiger partial charge is 0.296 e. The van der Waals surface area contributed by atoms with E-state index in [1.165, 1.54) is 12.2 Å². The summed E-state index contributed by atoms with van der Waals surface area (Å²) in [4.78, 5) is 27.2. The van der Waals surface area contributed by atoms with Gasteiger partial charge in [0.1, 0.15) is 17.0 Å². The number of hydrogen-bond donors (Lipinski definition) is 0. The monoisotopic (exact) mass is 198 g/mol. The van der Waals surface area contributed by atoms with Crippen molar-refractivity contribution in [2.75, 3.05) is 0 Å². The van der Waals surface area contributed by atoms with Gasteiger partial charge in [-0.2, -0.15) is 0 Å². The summed E-state index contributed by atoms with van der Waals surface area (Å²) in [5, 5.41) is 0. The van der Waals surface area contributed by atoms with Crippen LogP contribution in [0.15, 0.2) is 36.5 Å². The Bertz CT molecular complexity index is 623. The molecule has 0 saturated heterocycles. The zero-order chi connectivity index (χ0) is 10.4. The van der Waals surface area contributed by atoms with Crippen molar-refractivity contribution >= 4 is 17.2 Å². The summed E-state index contributed by atoms with van der Waals surface area (Å²) in [6.07, 6.45) is 4.27. The number of nitrogens with zero attached hydrogens (tertiary/aromatic N) is 2. The number of ketones is 2. The van der Waals surface area contributed by atoms with Crippen molar-refractivity contribution in [2.45, 2.75) is 0 Å². The molecule has 3 rings (SSSR count). The number of carbonyl (C=O) groups excluding carboxylic acids is 2. The maximum absolute atomic E-state index is 11.6. The predicted octanol–water partition coefficient (Wildman–Crippen LogP) is 1.27. The van der Waals surface area contributed by atoms with Crippen molar-refractivity contribution in [1.82, 2.24) is 9.38 Å². The number of carbonyl (C=O) groups is 2. The lowest BCUT2D eigenvalue weighted by Gasteiger charge is -2.02. The van der Waals surface area contributed by atoms with E-state index in [9.17, 15) is 9.59 Å². The molecule has 15 heavy (non-hydrogen) atoms. The first-order chi connectivity index (χ1) is 7.27. The molecule has 0 aliphatic heterocycles. The third kappa shape index (κ3) is 0.985. The lowest BCUT2D eigenvalue weighted by Crippen LogP contribution is -2.12. The molecule has 0 atom stereocenters. The van der Waals surface area contributed by atoms with E-state index in [1.807, 2.05) is 6.07 Å². The first-order valence-corrected chi connectivity index (χ1v) is 4.51. The third-order valence-electron chi connectivity index (χ3n) is 2.38. The van der Waals surface area contributed by atoms with Crippen LogP contribution in [-0.2, 0) is 0 Å². The molecule has 0 bridgehead atoms. The third-order valence-corrected chi connectivity index (χ3v) is 2.38. The Morgan fingerprint density at radius 3 is 2.73 bits per heavy atom. The Balaban J connectivity index is 2.47. The first kappa shape index (κ1) is 8.11. The minimum atomic E-state index is -0.215. The normalized spacial score (nSPS) is 14.7. The summed E-state index contributed by atoms with van der Waals surface area (Å²) in [6, 6.07) is 5.38. The van der Waals surface area contributed by atoms with Crippen LogP contribution in [-0.4, -0.2) is 21.0 Å². The molecule has 2 aromatic heterocycles. The molecule has 1 aliphatic rings. The highest BCUT2D eigenvalue weighted by atomic mass is 16.1. The standard InChI is InChI=1S/C11H6N2O2/c14-7-4-5-8(15)11-10(7)12-9-3-1-2-6-13(9)11/h1-6H. The highest BCUT2D eigenvalue weighted by molar-refractivity contribution is 6.20. The molecule has 0 N–H and O–H groups in total. The zero-order valence-electron chi connectivity index (χ0n) is 7.68. The zero-order valence-corrected chi connectivity index (χ0v) is 7.68. The van der Waals surface area contributed by atoms with Gasteiger partial charge in [-0.15, -0.1) is 0 Å². The van der Waals surface area contributed by atoms with Crippen molar-refractivity contribution in [1.29, 1.82) is 0 Å². The number of imidazole rings is 1. The SMILES string of the molecule is O=C1C=CC(=O)c2c1nc1ccccn21. The van der Waals surface area contributed by atoms with Gasteiger partial charge >= 0.3 is 0 Å².